The Labute approximate surface area is 410 Å². The van der Waals surface area contributed by atoms with Crippen LogP contribution in [-0.4, -0.2) is 122 Å². The highest BCUT2D eigenvalue weighted by molar-refractivity contribution is 5.88. The third-order valence-corrected chi connectivity index (χ3v) is 13.9. The van der Waals surface area contributed by atoms with Gasteiger partial charge in [-0.05, 0) is 146 Å². The number of ketones is 4. The van der Waals surface area contributed by atoms with E-state index in [1.807, 2.05) is 55.4 Å². The predicted molar refractivity (Wildman–Crippen MR) is 270 cm³/mol. The lowest BCUT2D eigenvalue weighted by atomic mass is 9.87. The Kier molecular flexibility index (Phi) is 34.6. The van der Waals surface area contributed by atoms with E-state index in [0.717, 1.165) is 57.8 Å². The van der Waals surface area contributed by atoms with Crippen molar-refractivity contribution in [2.75, 3.05) is 52.9 Å². The number of rotatable bonds is 47. The minimum absolute atomic E-state index is 0.0108. The predicted octanol–water partition coefficient (Wildman–Crippen LogP) is 11.9. The van der Waals surface area contributed by atoms with Gasteiger partial charge in [0.1, 0.15) is 22.4 Å². The molecule has 5 unspecified atom stereocenters. The summed E-state index contributed by atoms with van der Waals surface area (Å²) in [5, 5.41) is 9.31. The second kappa shape index (κ2) is 35.5. The molecule has 0 rings (SSSR count). The van der Waals surface area contributed by atoms with E-state index in [4.69, 9.17) is 33.2 Å². The first kappa shape index (κ1) is 65.4. The summed E-state index contributed by atoms with van der Waals surface area (Å²) in [6.07, 6.45) is 14.3. The van der Waals surface area contributed by atoms with E-state index >= 15 is 0 Å². The average Bonchev–Trinajstić information content (AvgIpc) is 3.31. The summed E-state index contributed by atoms with van der Waals surface area (Å²) in [6.45, 7) is 29.0. The van der Waals surface area contributed by atoms with Gasteiger partial charge in [-0.25, -0.2) is 0 Å². The molecule has 0 heterocycles. The fraction of sp³-hybridized carbons (Fsp3) is 0.927. The lowest BCUT2D eigenvalue weighted by molar-refractivity contribution is -0.199. The molecule has 0 saturated heterocycles. The fourth-order valence-electron chi connectivity index (χ4n) is 7.23. The highest BCUT2D eigenvalue weighted by Crippen LogP contribution is 2.34. The molecule has 0 aliphatic rings. The van der Waals surface area contributed by atoms with E-state index in [9.17, 15) is 24.3 Å². The number of hydrogen-bond donors (Lipinski definition) is 1. The van der Waals surface area contributed by atoms with Crippen LogP contribution in [0.25, 0.3) is 0 Å². The molecule has 5 atom stereocenters. The van der Waals surface area contributed by atoms with Gasteiger partial charge in [0.25, 0.3) is 0 Å². The Hall–Kier alpha value is -1.64. The molecule has 0 saturated carbocycles. The zero-order chi connectivity index (χ0) is 51.0. The average molecular weight is 957 g/mol. The summed E-state index contributed by atoms with van der Waals surface area (Å²) in [5.74, 6) is -0.117. The zero-order valence-corrected chi connectivity index (χ0v) is 45.7. The van der Waals surface area contributed by atoms with Gasteiger partial charge in [-0.3, -0.25) is 19.2 Å². The monoisotopic (exact) mass is 957 g/mol. The molecule has 0 aromatic carbocycles. The van der Waals surface area contributed by atoms with Crippen LogP contribution >= 0.6 is 0 Å². The number of aliphatic hydroxyl groups excluding tert-OH is 1. The first-order chi connectivity index (χ1) is 31.6. The van der Waals surface area contributed by atoms with Gasteiger partial charge in [0.05, 0.1) is 50.2 Å². The van der Waals surface area contributed by atoms with Crippen LogP contribution in [0.1, 0.15) is 232 Å². The van der Waals surface area contributed by atoms with E-state index in [-0.39, 0.29) is 80.9 Å². The lowest BCUT2D eigenvalue weighted by Crippen LogP contribution is -2.53. The maximum atomic E-state index is 14.1. The largest absolute Gasteiger partial charge is 0.396 e. The Bertz CT molecular complexity index is 1280. The van der Waals surface area contributed by atoms with Crippen molar-refractivity contribution in [1.29, 1.82) is 0 Å². The van der Waals surface area contributed by atoms with Gasteiger partial charge in [-0.1, -0.05) is 60.3 Å². The normalized spacial score (nSPS) is 16.8. The van der Waals surface area contributed by atoms with E-state index in [1.54, 1.807) is 13.8 Å². The third kappa shape index (κ3) is 27.0. The fourth-order valence-corrected chi connectivity index (χ4v) is 7.23. The first-order valence-electron chi connectivity index (χ1n) is 26.7. The van der Waals surface area contributed by atoms with Gasteiger partial charge in [-0.15, -0.1) is 0 Å². The molecule has 0 radical (unpaired) electrons. The number of ether oxygens (including phenoxy) is 7. The van der Waals surface area contributed by atoms with Crippen molar-refractivity contribution in [3.8, 4) is 0 Å². The SMILES string of the molecule is CCC(C)OCCCCCC(=O)C(C)(CC)OCC(COC(C)(C)C(=O)CCCCCO)(COC(C)(CC)C(=O)CCCCCOC(C)C)COC(C)(CC)C(=O)CCCCCOC(C)CC. The maximum absolute atomic E-state index is 14.1. The standard InChI is InChI=1S/C55H104O12/c1-15-45(8)62-38-30-22-26-34-49(59)53(13,18-4)66-42-55(40-64-51(10,11)47(57)32-24-20-28-36-56,41-65-52(12,17-3)48(58)33-25-21-29-37-61-44(6)7)43-67-54(14,19-5)50(60)35-27-23-31-39-63-46(9)16-2/h44-46,56H,15-43H2,1-14H3. The Morgan fingerprint density at radius 1 is 0.418 bits per heavy atom. The van der Waals surface area contributed by atoms with Crippen molar-refractivity contribution in [2.24, 2.45) is 5.41 Å². The Morgan fingerprint density at radius 3 is 1.04 bits per heavy atom. The summed E-state index contributed by atoms with van der Waals surface area (Å²) in [6, 6.07) is 0. The van der Waals surface area contributed by atoms with Crippen LogP contribution in [0.2, 0.25) is 0 Å². The minimum Gasteiger partial charge on any atom is -0.396 e. The van der Waals surface area contributed by atoms with Crippen LogP contribution in [0.15, 0.2) is 0 Å². The van der Waals surface area contributed by atoms with Crippen LogP contribution in [0.3, 0.4) is 0 Å². The Balaban J connectivity index is 6.88. The lowest BCUT2D eigenvalue weighted by Gasteiger charge is -2.42. The molecular formula is C55H104O12. The number of aliphatic hydroxyl groups is 1. The minimum atomic E-state index is -1.21. The molecule has 0 aromatic heterocycles. The van der Waals surface area contributed by atoms with Crippen molar-refractivity contribution in [1.82, 2.24) is 0 Å². The quantitative estimate of drug-likeness (QED) is 0.0578. The van der Waals surface area contributed by atoms with E-state index < -0.39 is 27.8 Å². The Morgan fingerprint density at radius 2 is 0.731 bits per heavy atom. The van der Waals surface area contributed by atoms with Crippen LogP contribution in [0, 0.1) is 5.41 Å². The highest BCUT2D eigenvalue weighted by Gasteiger charge is 2.45. The van der Waals surface area contributed by atoms with Gasteiger partial charge in [0, 0.05) is 52.1 Å². The molecule has 0 aliphatic heterocycles. The number of carbonyl (C=O) groups is 4. The van der Waals surface area contributed by atoms with Crippen molar-refractivity contribution in [3.63, 3.8) is 0 Å². The van der Waals surface area contributed by atoms with Gasteiger partial charge in [0.15, 0.2) is 23.1 Å². The molecule has 0 aromatic rings. The van der Waals surface area contributed by atoms with Crippen LogP contribution in [-0.2, 0) is 52.3 Å². The summed E-state index contributed by atoms with van der Waals surface area (Å²) in [5.41, 5.74) is -5.82. The molecular weight excluding hydrogens is 853 g/mol. The van der Waals surface area contributed by atoms with E-state index in [1.165, 1.54) is 0 Å². The van der Waals surface area contributed by atoms with Crippen LogP contribution in [0.5, 0.6) is 0 Å². The number of hydrogen-bond acceptors (Lipinski definition) is 12. The van der Waals surface area contributed by atoms with Crippen molar-refractivity contribution >= 4 is 23.1 Å². The molecule has 0 aliphatic carbocycles. The van der Waals surface area contributed by atoms with Crippen molar-refractivity contribution < 1.29 is 57.4 Å². The third-order valence-electron chi connectivity index (χ3n) is 13.9. The van der Waals surface area contributed by atoms with Crippen molar-refractivity contribution in [2.45, 2.75) is 272 Å². The van der Waals surface area contributed by atoms with E-state index in [0.29, 0.717) is 90.4 Å². The second-order valence-electron chi connectivity index (χ2n) is 20.7. The first-order valence-corrected chi connectivity index (χ1v) is 26.7. The van der Waals surface area contributed by atoms with Gasteiger partial charge in [0.2, 0.25) is 0 Å². The molecule has 1 N–H and O–H groups in total. The smallest absolute Gasteiger partial charge is 0.164 e. The summed E-state index contributed by atoms with van der Waals surface area (Å²) < 4.78 is 44.4. The van der Waals surface area contributed by atoms with Crippen LogP contribution < -0.4 is 0 Å². The molecule has 396 valence electrons. The van der Waals surface area contributed by atoms with Gasteiger partial charge in [-0.2, -0.15) is 0 Å². The second-order valence-corrected chi connectivity index (χ2v) is 20.7. The van der Waals surface area contributed by atoms with Gasteiger partial charge >= 0.3 is 0 Å². The number of unbranched alkanes of at least 4 members (excludes halogenated alkanes) is 8. The topological polar surface area (TPSA) is 153 Å². The summed E-state index contributed by atoms with van der Waals surface area (Å²) >= 11 is 0. The maximum Gasteiger partial charge on any atom is 0.164 e. The molecule has 12 heteroatoms. The highest BCUT2D eigenvalue weighted by atomic mass is 16.6. The molecule has 67 heavy (non-hydrogen) atoms. The van der Waals surface area contributed by atoms with E-state index in [2.05, 4.69) is 27.7 Å². The summed E-state index contributed by atoms with van der Waals surface area (Å²) in [4.78, 5) is 55.8. The van der Waals surface area contributed by atoms with Crippen LogP contribution in [0.4, 0.5) is 0 Å². The number of carbonyl (C=O) groups excluding carboxylic acids is 4. The molecule has 12 nitrogen and oxygen atoms in total. The molecule has 0 spiro atoms. The van der Waals surface area contributed by atoms with Crippen molar-refractivity contribution in [3.05, 3.63) is 0 Å². The summed E-state index contributed by atoms with van der Waals surface area (Å²) in [7, 11) is 0. The molecule has 0 fully saturated rings. The zero-order valence-electron chi connectivity index (χ0n) is 45.7. The molecule has 0 amide bonds. The van der Waals surface area contributed by atoms with Gasteiger partial charge < -0.3 is 38.3 Å². The molecule has 0 bridgehead atoms. The number of Topliss-reactive ketones (excluding diaryl/α,β-unsaturated/α-hetero) is 4.